The van der Waals surface area contributed by atoms with E-state index in [1.54, 1.807) is 30.5 Å². The van der Waals surface area contributed by atoms with E-state index >= 15 is 4.39 Å². The molecule has 0 spiro atoms. The molecule has 3 aromatic heterocycles. The lowest BCUT2D eigenvalue weighted by Crippen LogP contribution is -2.42. The maximum atomic E-state index is 15.3. The first-order valence-corrected chi connectivity index (χ1v) is 16.1. The third-order valence-electron chi connectivity index (χ3n) is 9.15. The summed E-state index contributed by atoms with van der Waals surface area (Å²) in [5.74, 6) is 0.469. The molecule has 49 heavy (non-hydrogen) atoms. The Morgan fingerprint density at radius 2 is 1.92 bits per heavy atom. The topological polar surface area (TPSA) is 115 Å². The number of amides is 2. The number of carbonyl (C=O) groups is 2. The molecule has 8 rings (SSSR count). The molecule has 0 radical (unpaired) electrons. The largest absolute Gasteiger partial charge is 0.497 e. The maximum Gasteiger partial charge on any atom is 0.256 e. The van der Waals surface area contributed by atoms with Crippen LogP contribution < -0.4 is 15.0 Å². The number of piperidine rings is 1. The van der Waals surface area contributed by atoms with Gasteiger partial charge in [-0.3, -0.25) is 9.59 Å². The van der Waals surface area contributed by atoms with E-state index in [4.69, 9.17) is 14.1 Å². The minimum Gasteiger partial charge on any atom is -0.497 e. The van der Waals surface area contributed by atoms with E-state index in [-0.39, 0.29) is 23.1 Å². The van der Waals surface area contributed by atoms with Crippen LogP contribution in [0.5, 0.6) is 5.75 Å². The zero-order valence-electron chi connectivity index (χ0n) is 26.6. The van der Waals surface area contributed by atoms with Gasteiger partial charge in [0.25, 0.3) is 11.8 Å². The van der Waals surface area contributed by atoms with Gasteiger partial charge in [0.2, 0.25) is 0 Å². The van der Waals surface area contributed by atoms with Gasteiger partial charge in [0.1, 0.15) is 29.1 Å². The Morgan fingerprint density at radius 1 is 1.06 bits per heavy atom. The number of rotatable bonds is 7. The number of halogens is 1. The lowest BCUT2D eigenvalue weighted by Gasteiger charge is -2.32. The molecule has 3 aromatic carbocycles. The fraction of sp³-hybridized carbons (Fsp3) is 0.184. The number of hydrogen-bond acceptors (Lipinski definition) is 7. The summed E-state index contributed by atoms with van der Waals surface area (Å²) in [6, 6.07) is 22.4. The van der Waals surface area contributed by atoms with Crippen molar-refractivity contribution in [1.29, 1.82) is 0 Å². The van der Waals surface area contributed by atoms with Crippen molar-refractivity contribution in [2.45, 2.75) is 31.7 Å². The number of carbonyl (C=O) groups excluding carboxylic acids is 2. The van der Waals surface area contributed by atoms with E-state index in [0.29, 0.717) is 41.9 Å². The van der Waals surface area contributed by atoms with E-state index < -0.39 is 11.9 Å². The SMILES string of the molecule is COc1ccc(N2CCCC(n3cc(-c4cc(NC(=O)c5c6c(nc7ccccc57)/C(=C\c5ccco5)CC6)ccc4F)nn3)C2=O)cc1. The van der Waals surface area contributed by atoms with Gasteiger partial charge < -0.3 is 19.4 Å². The second kappa shape index (κ2) is 12.5. The van der Waals surface area contributed by atoms with Crippen molar-refractivity contribution >= 4 is 45.7 Å². The number of nitrogens with one attached hydrogen (secondary N) is 1. The average molecular weight is 655 g/mol. The van der Waals surface area contributed by atoms with Crippen molar-refractivity contribution < 1.29 is 23.1 Å². The lowest BCUT2D eigenvalue weighted by atomic mass is 10.00. The first-order chi connectivity index (χ1) is 24.0. The third-order valence-corrected chi connectivity index (χ3v) is 9.15. The van der Waals surface area contributed by atoms with Crippen molar-refractivity contribution in [2.24, 2.45) is 0 Å². The van der Waals surface area contributed by atoms with Crippen LogP contribution in [-0.2, 0) is 11.2 Å². The zero-order valence-corrected chi connectivity index (χ0v) is 26.6. The minimum absolute atomic E-state index is 0.117. The molecule has 1 aliphatic carbocycles. The summed E-state index contributed by atoms with van der Waals surface area (Å²) in [5, 5.41) is 12.2. The Balaban J connectivity index is 1.07. The summed E-state index contributed by atoms with van der Waals surface area (Å²) in [6.07, 6.45) is 7.88. The van der Waals surface area contributed by atoms with Crippen LogP contribution in [-0.4, -0.2) is 45.4 Å². The fourth-order valence-corrected chi connectivity index (χ4v) is 6.75. The van der Waals surface area contributed by atoms with Crippen LogP contribution in [0.4, 0.5) is 15.8 Å². The summed E-state index contributed by atoms with van der Waals surface area (Å²) < 4.78 is 27.6. The highest BCUT2D eigenvalue weighted by Crippen LogP contribution is 2.38. The van der Waals surface area contributed by atoms with E-state index in [0.717, 1.165) is 46.5 Å². The molecule has 1 atom stereocenters. The molecular formula is C38H31FN6O4. The van der Waals surface area contributed by atoms with Crippen molar-refractivity contribution in [3.05, 3.63) is 120 Å². The predicted molar refractivity (Wildman–Crippen MR) is 184 cm³/mol. The van der Waals surface area contributed by atoms with E-state index in [9.17, 15) is 9.59 Å². The standard InChI is InChI=1S/C38H31FN6O4/c1-48-26-14-12-25(13-15-26)44-18-4-9-34(38(44)47)45-22-33(42-43-45)30-21-24(11-17-31(30)39)40-37(46)35-28-7-2-3-8-32(28)41-36-23(10-16-29(35)36)20-27-6-5-19-49-27/h2-3,5-8,11-15,17,19-22,34H,4,9-10,16,18H2,1H3,(H,40,46)/b23-20-. The van der Waals surface area contributed by atoms with Crippen LogP contribution in [0.15, 0.2) is 95.7 Å². The van der Waals surface area contributed by atoms with E-state index in [2.05, 4.69) is 15.6 Å². The Morgan fingerprint density at radius 3 is 2.73 bits per heavy atom. The van der Waals surface area contributed by atoms with Gasteiger partial charge in [0.05, 0.1) is 36.3 Å². The van der Waals surface area contributed by atoms with Crippen molar-refractivity contribution in [3.8, 4) is 17.0 Å². The van der Waals surface area contributed by atoms with Crippen molar-refractivity contribution in [1.82, 2.24) is 20.0 Å². The number of benzene rings is 3. The Labute approximate surface area is 280 Å². The second-order valence-corrected chi connectivity index (χ2v) is 12.1. The van der Waals surface area contributed by atoms with Crippen LogP contribution in [0.3, 0.4) is 0 Å². The van der Waals surface area contributed by atoms with Gasteiger partial charge in [0.15, 0.2) is 0 Å². The van der Waals surface area contributed by atoms with Crippen LogP contribution in [0, 0.1) is 5.82 Å². The van der Waals surface area contributed by atoms with Crippen molar-refractivity contribution in [3.63, 3.8) is 0 Å². The van der Waals surface area contributed by atoms with E-state index in [1.165, 1.54) is 16.8 Å². The molecule has 10 nitrogen and oxygen atoms in total. The molecule has 2 aliphatic rings. The molecule has 244 valence electrons. The van der Waals surface area contributed by atoms with Gasteiger partial charge >= 0.3 is 0 Å². The fourth-order valence-electron chi connectivity index (χ4n) is 6.75. The number of aromatic nitrogens is 4. The molecule has 2 amide bonds. The highest BCUT2D eigenvalue weighted by molar-refractivity contribution is 6.15. The highest BCUT2D eigenvalue weighted by atomic mass is 19.1. The number of fused-ring (bicyclic) bond motifs is 2. The molecule has 0 saturated carbocycles. The number of anilines is 2. The molecule has 4 heterocycles. The quantitative estimate of drug-likeness (QED) is 0.192. The van der Waals surface area contributed by atoms with Gasteiger partial charge in [-0.2, -0.15) is 0 Å². The van der Waals surface area contributed by atoms with Gasteiger partial charge in [-0.1, -0.05) is 23.4 Å². The van der Waals surface area contributed by atoms with Crippen LogP contribution in [0.1, 0.15) is 52.7 Å². The van der Waals surface area contributed by atoms with Crippen LogP contribution in [0.2, 0.25) is 0 Å². The molecule has 1 saturated heterocycles. The van der Waals surface area contributed by atoms with Gasteiger partial charge in [0, 0.05) is 28.9 Å². The first-order valence-electron chi connectivity index (χ1n) is 16.1. The van der Waals surface area contributed by atoms with Crippen LogP contribution in [0.25, 0.3) is 33.8 Å². The summed E-state index contributed by atoms with van der Waals surface area (Å²) in [4.78, 5) is 34.2. The molecule has 0 bridgehead atoms. The Hall–Kier alpha value is -6.10. The number of furan rings is 1. The minimum atomic E-state index is -0.586. The molecule has 11 heteroatoms. The smallest absolute Gasteiger partial charge is 0.256 e. The third kappa shape index (κ3) is 5.62. The first kappa shape index (κ1) is 30.2. The highest BCUT2D eigenvalue weighted by Gasteiger charge is 2.32. The summed E-state index contributed by atoms with van der Waals surface area (Å²) in [5.41, 5.74) is 5.46. The summed E-state index contributed by atoms with van der Waals surface area (Å²) in [7, 11) is 1.59. The monoisotopic (exact) mass is 654 g/mol. The molecule has 1 unspecified atom stereocenters. The summed E-state index contributed by atoms with van der Waals surface area (Å²) >= 11 is 0. The molecule has 1 N–H and O–H groups in total. The number of allylic oxidation sites excluding steroid dienone is 1. The number of pyridine rings is 1. The predicted octanol–water partition coefficient (Wildman–Crippen LogP) is 7.34. The molecule has 1 fully saturated rings. The molecule has 6 aromatic rings. The maximum absolute atomic E-state index is 15.3. The second-order valence-electron chi connectivity index (χ2n) is 12.1. The Bertz CT molecular complexity index is 2240. The van der Waals surface area contributed by atoms with E-state index in [1.807, 2.05) is 66.7 Å². The molecular weight excluding hydrogens is 623 g/mol. The number of nitrogens with zero attached hydrogens (tertiary/aromatic N) is 5. The van der Waals surface area contributed by atoms with Gasteiger partial charge in [-0.05, 0) is 104 Å². The number of para-hydroxylation sites is 1. The summed E-state index contributed by atoms with van der Waals surface area (Å²) in [6.45, 7) is 0.580. The number of ether oxygens (including phenoxy) is 1. The number of hydrogen-bond donors (Lipinski definition) is 1. The average Bonchev–Trinajstić information content (AvgIpc) is 3.91. The number of methoxy groups -OCH3 is 1. The molecule has 1 aliphatic heterocycles. The van der Waals surface area contributed by atoms with Gasteiger partial charge in [-0.15, -0.1) is 5.10 Å². The van der Waals surface area contributed by atoms with Gasteiger partial charge in [-0.25, -0.2) is 14.1 Å². The van der Waals surface area contributed by atoms with Crippen LogP contribution >= 0.6 is 0 Å². The zero-order chi connectivity index (χ0) is 33.5. The lowest BCUT2D eigenvalue weighted by molar-refractivity contribution is -0.123. The normalized spacial score (nSPS) is 16.7. The van der Waals surface area contributed by atoms with Crippen molar-refractivity contribution in [2.75, 3.05) is 23.9 Å². The Kier molecular flexibility index (Phi) is 7.71.